The highest BCUT2D eigenvalue weighted by atomic mass is 19.1. The van der Waals surface area contributed by atoms with Crippen LogP contribution in [0.1, 0.15) is 29.9 Å². The molecule has 0 bridgehead atoms. The van der Waals surface area contributed by atoms with E-state index in [2.05, 4.69) is 21.8 Å². The molecule has 112 valence electrons. The van der Waals surface area contributed by atoms with E-state index in [4.69, 9.17) is 0 Å². The van der Waals surface area contributed by atoms with E-state index in [1.165, 1.54) is 25.0 Å². The quantitative estimate of drug-likeness (QED) is 0.937. The number of hydrogen-bond acceptors (Lipinski definition) is 2. The number of benzene rings is 1. The zero-order valence-corrected chi connectivity index (χ0v) is 12.5. The number of aryl methyl sites for hydroxylation is 1. The van der Waals surface area contributed by atoms with Gasteiger partial charge in [-0.25, -0.2) is 9.37 Å². The zero-order valence-electron chi connectivity index (χ0n) is 12.5. The second kappa shape index (κ2) is 6.39. The molecule has 0 amide bonds. The molecule has 0 spiro atoms. The fourth-order valence-electron chi connectivity index (χ4n) is 3.02. The van der Waals surface area contributed by atoms with Gasteiger partial charge in [0.1, 0.15) is 11.6 Å². The van der Waals surface area contributed by atoms with Gasteiger partial charge in [0.25, 0.3) is 0 Å². The fourth-order valence-corrected chi connectivity index (χ4v) is 3.02. The molecule has 3 nitrogen and oxygen atoms in total. The minimum atomic E-state index is -0.186. The Balaban J connectivity index is 1.74. The van der Waals surface area contributed by atoms with Crippen molar-refractivity contribution in [2.75, 3.05) is 13.1 Å². The van der Waals surface area contributed by atoms with Gasteiger partial charge in [-0.2, -0.15) is 0 Å². The number of halogens is 1. The Kier molecular flexibility index (Phi) is 4.34. The first-order valence-electron chi connectivity index (χ1n) is 7.68. The third-order valence-corrected chi connectivity index (χ3v) is 4.26. The lowest BCUT2D eigenvalue weighted by atomic mass is 9.96. The Hall–Kier alpha value is -1.68. The van der Waals surface area contributed by atoms with E-state index in [1.807, 2.05) is 18.3 Å². The monoisotopic (exact) mass is 287 g/mol. The van der Waals surface area contributed by atoms with E-state index in [0.29, 0.717) is 5.92 Å². The molecule has 0 aliphatic carbocycles. The molecular formula is C17H22FN3. The molecule has 4 heteroatoms. The molecule has 2 aromatic rings. The highest BCUT2D eigenvalue weighted by molar-refractivity contribution is 5.18. The van der Waals surface area contributed by atoms with Crippen LogP contribution >= 0.6 is 0 Å². The maximum atomic E-state index is 13.0. The van der Waals surface area contributed by atoms with Crippen molar-refractivity contribution in [3.05, 3.63) is 53.4 Å². The van der Waals surface area contributed by atoms with Crippen LogP contribution in [0.2, 0.25) is 0 Å². The van der Waals surface area contributed by atoms with E-state index in [9.17, 15) is 4.39 Å². The number of piperidine rings is 1. The Labute approximate surface area is 125 Å². The van der Waals surface area contributed by atoms with E-state index in [0.717, 1.165) is 43.1 Å². The molecule has 1 aliphatic heterocycles. The summed E-state index contributed by atoms with van der Waals surface area (Å²) in [6, 6.07) is 6.74. The van der Waals surface area contributed by atoms with Crippen molar-refractivity contribution in [1.82, 2.24) is 14.9 Å². The third kappa shape index (κ3) is 3.50. The smallest absolute Gasteiger partial charge is 0.123 e. The molecule has 1 fully saturated rings. The molecule has 3 rings (SSSR count). The summed E-state index contributed by atoms with van der Waals surface area (Å²) in [6.07, 6.45) is 5.48. The summed E-state index contributed by atoms with van der Waals surface area (Å²) in [5.74, 6) is 1.63. The van der Waals surface area contributed by atoms with E-state index in [1.54, 1.807) is 0 Å². The van der Waals surface area contributed by atoms with Crippen molar-refractivity contribution < 1.29 is 4.39 Å². The first-order chi connectivity index (χ1) is 10.2. The summed E-state index contributed by atoms with van der Waals surface area (Å²) in [6.45, 7) is 5.07. The van der Waals surface area contributed by atoms with E-state index in [-0.39, 0.29) is 5.82 Å². The van der Waals surface area contributed by atoms with Crippen molar-refractivity contribution in [2.45, 2.75) is 32.7 Å². The Morgan fingerprint density at radius 3 is 2.86 bits per heavy atom. The maximum Gasteiger partial charge on any atom is 0.123 e. The number of rotatable bonds is 4. The number of nitrogens with zero attached hydrogens (tertiary/aromatic N) is 2. The molecule has 1 aromatic carbocycles. The van der Waals surface area contributed by atoms with Gasteiger partial charge in [0.05, 0.1) is 0 Å². The van der Waals surface area contributed by atoms with Crippen LogP contribution in [0.15, 0.2) is 30.5 Å². The van der Waals surface area contributed by atoms with Crippen molar-refractivity contribution in [1.29, 1.82) is 0 Å². The van der Waals surface area contributed by atoms with E-state index >= 15 is 0 Å². The first-order valence-corrected chi connectivity index (χ1v) is 7.68. The molecule has 0 saturated carbocycles. The van der Waals surface area contributed by atoms with Crippen LogP contribution in [0, 0.1) is 18.7 Å². The van der Waals surface area contributed by atoms with Crippen molar-refractivity contribution in [3.8, 4) is 0 Å². The molecule has 1 atom stereocenters. The second-order valence-electron chi connectivity index (χ2n) is 5.94. The molecule has 1 saturated heterocycles. The van der Waals surface area contributed by atoms with Gasteiger partial charge < -0.3 is 9.88 Å². The van der Waals surface area contributed by atoms with Gasteiger partial charge in [0, 0.05) is 24.9 Å². The first kappa shape index (κ1) is 14.3. The third-order valence-electron chi connectivity index (χ3n) is 4.26. The van der Waals surface area contributed by atoms with Crippen LogP contribution in [-0.4, -0.2) is 22.6 Å². The lowest BCUT2D eigenvalue weighted by Crippen LogP contribution is -2.31. The number of imidazole rings is 1. The Morgan fingerprint density at radius 1 is 1.33 bits per heavy atom. The van der Waals surface area contributed by atoms with Gasteiger partial charge in [-0.3, -0.25) is 0 Å². The minimum Gasteiger partial charge on any atom is -0.328 e. The molecule has 1 N–H and O–H groups in total. The summed E-state index contributed by atoms with van der Waals surface area (Å²) in [4.78, 5) is 4.58. The largest absolute Gasteiger partial charge is 0.328 e. The van der Waals surface area contributed by atoms with Gasteiger partial charge in [-0.15, -0.1) is 0 Å². The van der Waals surface area contributed by atoms with Gasteiger partial charge in [0.15, 0.2) is 0 Å². The summed E-state index contributed by atoms with van der Waals surface area (Å²) < 4.78 is 15.3. The highest BCUT2D eigenvalue weighted by Crippen LogP contribution is 2.18. The van der Waals surface area contributed by atoms with Crippen molar-refractivity contribution in [3.63, 3.8) is 0 Å². The summed E-state index contributed by atoms with van der Waals surface area (Å²) in [5, 5.41) is 3.46. The lowest BCUT2D eigenvalue weighted by molar-refractivity contribution is 0.367. The average molecular weight is 287 g/mol. The molecule has 2 heterocycles. The van der Waals surface area contributed by atoms with Crippen LogP contribution in [0.3, 0.4) is 0 Å². The standard InChI is InChI=1S/C17H22FN3/c1-13-10-20-17(9-15-3-2-8-19-11-15)21(13)12-14-4-6-16(18)7-5-14/h4-7,10,15,19H,2-3,8-9,11-12H2,1H3/t15-/m0/s1. The van der Waals surface area contributed by atoms with Gasteiger partial charge >= 0.3 is 0 Å². The van der Waals surface area contributed by atoms with Gasteiger partial charge in [0.2, 0.25) is 0 Å². The van der Waals surface area contributed by atoms with Crippen molar-refractivity contribution in [2.24, 2.45) is 5.92 Å². The number of hydrogen-bond donors (Lipinski definition) is 1. The van der Waals surface area contributed by atoms with Crippen molar-refractivity contribution >= 4 is 0 Å². The molecular weight excluding hydrogens is 265 g/mol. The van der Waals surface area contributed by atoms with Crippen LogP contribution < -0.4 is 5.32 Å². The summed E-state index contributed by atoms with van der Waals surface area (Å²) in [7, 11) is 0. The van der Waals surface area contributed by atoms with E-state index < -0.39 is 0 Å². The van der Waals surface area contributed by atoms with Crippen LogP contribution in [0.5, 0.6) is 0 Å². The summed E-state index contributed by atoms with van der Waals surface area (Å²) in [5.41, 5.74) is 2.28. The van der Waals surface area contributed by atoms with Gasteiger partial charge in [-0.1, -0.05) is 12.1 Å². The second-order valence-corrected chi connectivity index (χ2v) is 5.94. The van der Waals surface area contributed by atoms with Crippen LogP contribution in [0.4, 0.5) is 4.39 Å². The molecule has 21 heavy (non-hydrogen) atoms. The van der Waals surface area contributed by atoms with Gasteiger partial charge in [-0.05, 0) is 56.5 Å². The average Bonchev–Trinajstić information content (AvgIpc) is 2.84. The Bertz CT molecular complexity index is 583. The fraction of sp³-hybridized carbons (Fsp3) is 0.471. The maximum absolute atomic E-state index is 13.0. The normalized spacial score (nSPS) is 18.9. The lowest BCUT2D eigenvalue weighted by Gasteiger charge is -2.23. The van der Waals surface area contributed by atoms with Crippen LogP contribution in [-0.2, 0) is 13.0 Å². The topological polar surface area (TPSA) is 29.9 Å². The SMILES string of the molecule is Cc1cnc(C[C@@H]2CCCNC2)n1Cc1ccc(F)cc1. The number of nitrogens with one attached hydrogen (secondary N) is 1. The minimum absolute atomic E-state index is 0.186. The predicted molar refractivity (Wildman–Crippen MR) is 81.8 cm³/mol. The number of aromatic nitrogens is 2. The zero-order chi connectivity index (χ0) is 14.7. The molecule has 1 aliphatic rings. The molecule has 0 radical (unpaired) electrons. The highest BCUT2D eigenvalue weighted by Gasteiger charge is 2.17. The molecule has 0 unspecified atom stereocenters. The predicted octanol–water partition coefficient (Wildman–Crippen LogP) is 2.92. The van der Waals surface area contributed by atoms with Crippen LogP contribution in [0.25, 0.3) is 0 Å². The summed E-state index contributed by atoms with van der Waals surface area (Å²) >= 11 is 0. The molecule has 1 aromatic heterocycles. The Morgan fingerprint density at radius 2 is 2.14 bits per heavy atom.